The fourth-order valence-electron chi connectivity index (χ4n) is 3.82. The quantitative estimate of drug-likeness (QED) is 0.726. The van der Waals surface area contributed by atoms with E-state index in [1.807, 2.05) is 18.2 Å². The van der Waals surface area contributed by atoms with Crippen LogP contribution in [0.15, 0.2) is 18.2 Å². The highest BCUT2D eigenvalue weighted by atomic mass is 16.5. The predicted molar refractivity (Wildman–Crippen MR) is 92.9 cm³/mol. The van der Waals surface area contributed by atoms with Gasteiger partial charge < -0.3 is 25.0 Å². The van der Waals surface area contributed by atoms with E-state index in [-0.39, 0.29) is 31.1 Å². The molecule has 1 aliphatic carbocycles. The van der Waals surface area contributed by atoms with Gasteiger partial charge in [0.1, 0.15) is 0 Å². The van der Waals surface area contributed by atoms with Crippen molar-refractivity contribution >= 4 is 5.91 Å². The number of rotatable bonds is 6. The monoisotopic (exact) mass is 349 g/mol. The molecule has 1 amide bonds. The van der Waals surface area contributed by atoms with Gasteiger partial charge in [0, 0.05) is 12.5 Å². The lowest BCUT2D eigenvalue weighted by Crippen LogP contribution is -2.52. The molecule has 1 aliphatic heterocycles. The molecule has 25 heavy (non-hydrogen) atoms. The largest absolute Gasteiger partial charge is 0.493 e. The van der Waals surface area contributed by atoms with Crippen LogP contribution in [0.5, 0.6) is 11.5 Å². The van der Waals surface area contributed by atoms with Crippen molar-refractivity contribution in [3.63, 3.8) is 0 Å². The number of amides is 1. The van der Waals surface area contributed by atoms with Gasteiger partial charge in [0.2, 0.25) is 5.91 Å². The number of hydrogen-bond donors (Lipinski definition) is 3. The summed E-state index contributed by atoms with van der Waals surface area (Å²) < 4.78 is 11.6. The third-order valence-corrected chi connectivity index (χ3v) is 5.49. The Labute approximate surface area is 148 Å². The molecule has 1 atom stereocenters. The van der Waals surface area contributed by atoms with Gasteiger partial charge in [0.05, 0.1) is 31.8 Å². The summed E-state index contributed by atoms with van der Waals surface area (Å²) in [6, 6.07) is 5.82. The zero-order chi connectivity index (χ0) is 17.9. The number of nitrogens with one attached hydrogen (secondary N) is 1. The number of piperidine rings is 1. The fraction of sp³-hybridized carbons (Fsp3) is 0.632. The molecule has 1 saturated heterocycles. The van der Waals surface area contributed by atoms with E-state index in [1.165, 1.54) is 12.8 Å². The first-order chi connectivity index (χ1) is 12.1. The summed E-state index contributed by atoms with van der Waals surface area (Å²) >= 11 is 0. The van der Waals surface area contributed by atoms with Gasteiger partial charge in [-0.15, -0.1) is 0 Å². The smallest absolute Gasteiger partial charge is 0.230 e. The first-order valence-electron chi connectivity index (χ1n) is 8.96. The van der Waals surface area contributed by atoms with E-state index in [9.17, 15) is 15.0 Å². The normalized spacial score (nSPS) is 23.3. The summed E-state index contributed by atoms with van der Waals surface area (Å²) in [6.45, 7) is -0.253. The SMILES string of the molecule is COc1ccc(C2CNC(=O)C(CO)(CO)C2)cc1OC1CCCC1. The van der Waals surface area contributed by atoms with Crippen LogP contribution in [-0.4, -0.2) is 49.1 Å². The van der Waals surface area contributed by atoms with Crippen molar-refractivity contribution in [2.75, 3.05) is 26.9 Å². The summed E-state index contributed by atoms with van der Waals surface area (Å²) in [6.07, 6.45) is 5.13. The average Bonchev–Trinajstić information content (AvgIpc) is 3.15. The van der Waals surface area contributed by atoms with Crippen molar-refractivity contribution in [1.82, 2.24) is 5.32 Å². The third kappa shape index (κ3) is 3.60. The number of carbonyl (C=O) groups is 1. The maximum atomic E-state index is 12.1. The molecule has 6 heteroatoms. The van der Waals surface area contributed by atoms with E-state index in [4.69, 9.17) is 9.47 Å². The standard InChI is InChI=1S/C19H27NO5/c1-24-16-7-6-13(8-17(16)25-15-4-2-3-5-15)14-9-19(11-21,12-22)18(23)20-10-14/h6-8,14-15,21-22H,2-5,9-12H2,1H3,(H,20,23). The molecule has 1 aromatic rings. The second kappa shape index (κ2) is 7.62. The van der Waals surface area contributed by atoms with Crippen LogP contribution in [0.25, 0.3) is 0 Å². The molecule has 1 heterocycles. The van der Waals surface area contributed by atoms with Crippen LogP contribution >= 0.6 is 0 Å². The van der Waals surface area contributed by atoms with Gasteiger partial charge in [0.25, 0.3) is 0 Å². The Morgan fingerprint density at radius 2 is 1.92 bits per heavy atom. The Kier molecular flexibility index (Phi) is 5.49. The molecular formula is C19H27NO5. The first-order valence-corrected chi connectivity index (χ1v) is 8.96. The molecule has 0 spiro atoms. The molecular weight excluding hydrogens is 322 g/mol. The van der Waals surface area contributed by atoms with Gasteiger partial charge in [-0.2, -0.15) is 0 Å². The van der Waals surface area contributed by atoms with Crippen LogP contribution in [0.3, 0.4) is 0 Å². The first kappa shape index (κ1) is 18.0. The van der Waals surface area contributed by atoms with E-state index in [2.05, 4.69) is 5.32 Å². The number of aliphatic hydroxyl groups excluding tert-OH is 2. The average molecular weight is 349 g/mol. The highest BCUT2D eigenvalue weighted by molar-refractivity contribution is 5.84. The van der Waals surface area contributed by atoms with Gasteiger partial charge in [-0.1, -0.05) is 6.07 Å². The lowest BCUT2D eigenvalue weighted by Gasteiger charge is -2.37. The number of hydrogen-bond acceptors (Lipinski definition) is 5. The summed E-state index contributed by atoms with van der Waals surface area (Å²) in [7, 11) is 1.62. The minimum atomic E-state index is -1.13. The highest BCUT2D eigenvalue weighted by Crippen LogP contribution is 2.39. The Bertz CT molecular complexity index is 608. The van der Waals surface area contributed by atoms with Gasteiger partial charge in [-0.3, -0.25) is 4.79 Å². The molecule has 0 bridgehead atoms. The molecule has 6 nitrogen and oxygen atoms in total. The topological polar surface area (TPSA) is 88.0 Å². The van der Waals surface area contributed by atoms with E-state index < -0.39 is 5.41 Å². The second-order valence-electron chi connectivity index (χ2n) is 7.14. The third-order valence-electron chi connectivity index (χ3n) is 5.49. The van der Waals surface area contributed by atoms with Crippen molar-refractivity contribution in [3.05, 3.63) is 23.8 Å². The van der Waals surface area contributed by atoms with E-state index in [0.29, 0.717) is 18.7 Å². The number of aliphatic hydroxyl groups is 2. The van der Waals surface area contributed by atoms with Crippen LogP contribution in [0, 0.1) is 5.41 Å². The fourth-order valence-corrected chi connectivity index (χ4v) is 3.82. The molecule has 0 radical (unpaired) electrons. The number of carbonyl (C=O) groups excluding carboxylic acids is 1. The van der Waals surface area contributed by atoms with Gasteiger partial charge in [0.15, 0.2) is 11.5 Å². The summed E-state index contributed by atoms with van der Waals surface area (Å²) in [5, 5.41) is 22.1. The maximum absolute atomic E-state index is 12.1. The maximum Gasteiger partial charge on any atom is 0.230 e. The van der Waals surface area contributed by atoms with Gasteiger partial charge in [-0.05, 0) is 49.8 Å². The Balaban J connectivity index is 1.83. The zero-order valence-electron chi connectivity index (χ0n) is 14.7. The van der Waals surface area contributed by atoms with Crippen molar-refractivity contribution in [3.8, 4) is 11.5 Å². The lowest BCUT2D eigenvalue weighted by atomic mass is 9.74. The highest BCUT2D eigenvalue weighted by Gasteiger charge is 2.43. The van der Waals surface area contributed by atoms with Crippen LogP contribution in [0.1, 0.15) is 43.6 Å². The Morgan fingerprint density at radius 3 is 2.56 bits per heavy atom. The summed E-state index contributed by atoms with van der Waals surface area (Å²) in [4.78, 5) is 12.1. The molecule has 1 aromatic carbocycles. The molecule has 2 aliphatic rings. The van der Waals surface area contributed by atoms with Gasteiger partial charge in [-0.25, -0.2) is 0 Å². The number of ether oxygens (including phenoxy) is 2. The molecule has 3 N–H and O–H groups in total. The minimum Gasteiger partial charge on any atom is -0.493 e. The predicted octanol–water partition coefficient (Wildman–Crippen LogP) is 1.59. The molecule has 1 unspecified atom stereocenters. The van der Waals surface area contributed by atoms with E-state index in [0.717, 1.165) is 24.2 Å². The molecule has 3 rings (SSSR count). The summed E-state index contributed by atoms with van der Waals surface area (Å²) in [5.74, 6) is 1.15. The second-order valence-corrected chi connectivity index (χ2v) is 7.14. The minimum absolute atomic E-state index is 0.00818. The molecule has 2 fully saturated rings. The van der Waals surface area contributed by atoms with Crippen molar-refractivity contribution < 1.29 is 24.5 Å². The Hall–Kier alpha value is -1.79. The van der Waals surface area contributed by atoms with Gasteiger partial charge >= 0.3 is 0 Å². The number of methoxy groups -OCH3 is 1. The van der Waals surface area contributed by atoms with Crippen molar-refractivity contribution in [2.45, 2.75) is 44.1 Å². The van der Waals surface area contributed by atoms with Crippen LogP contribution in [-0.2, 0) is 4.79 Å². The lowest BCUT2D eigenvalue weighted by molar-refractivity contribution is -0.140. The molecule has 0 aromatic heterocycles. The van der Waals surface area contributed by atoms with E-state index >= 15 is 0 Å². The Morgan fingerprint density at radius 1 is 1.20 bits per heavy atom. The zero-order valence-corrected chi connectivity index (χ0v) is 14.7. The van der Waals surface area contributed by atoms with Crippen LogP contribution in [0.4, 0.5) is 0 Å². The van der Waals surface area contributed by atoms with Crippen molar-refractivity contribution in [2.24, 2.45) is 5.41 Å². The van der Waals surface area contributed by atoms with Crippen LogP contribution in [0.2, 0.25) is 0 Å². The van der Waals surface area contributed by atoms with E-state index in [1.54, 1.807) is 7.11 Å². The van der Waals surface area contributed by atoms with Crippen LogP contribution < -0.4 is 14.8 Å². The van der Waals surface area contributed by atoms with Crippen molar-refractivity contribution in [1.29, 1.82) is 0 Å². The molecule has 1 saturated carbocycles. The number of benzene rings is 1. The molecule has 138 valence electrons. The summed E-state index contributed by atoms with van der Waals surface area (Å²) in [5.41, 5.74) is -0.116.